The van der Waals surface area contributed by atoms with Crippen molar-refractivity contribution >= 4 is 34.6 Å². The van der Waals surface area contributed by atoms with Crippen LogP contribution in [0, 0.1) is 19.8 Å². The predicted octanol–water partition coefficient (Wildman–Crippen LogP) is 1.73. The molecule has 0 spiro atoms. The Hall–Kier alpha value is -3.54. The van der Waals surface area contributed by atoms with E-state index in [0.717, 1.165) is 27.2 Å². The Balaban J connectivity index is 1.43. The molecule has 1 aromatic heterocycles. The molecule has 0 bridgehead atoms. The summed E-state index contributed by atoms with van der Waals surface area (Å²) in [7, 11) is 0. The highest BCUT2D eigenvalue weighted by Crippen LogP contribution is 2.18. The Morgan fingerprint density at radius 3 is 2.76 bits per heavy atom. The number of nitrogens with one attached hydrogen (secondary N) is 2. The second-order valence-electron chi connectivity index (χ2n) is 7.29. The number of hydrogen-bond donors (Lipinski definition) is 2. The van der Waals surface area contributed by atoms with Crippen LogP contribution in [0.2, 0.25) is 0 Å². The summed E-state index contributed by atoms with van der Waals surface area (Å²) in [6.07, 6.45) is 3.83. The number of amides is 2. The van der Waals surface area contributed by atoms with E-state index in [1.807, 2.05) is 50.3 Å². The van der Waals surface area contributed by atoms with Crippen molar-refractivity contribution in [1.82, 2.24) is 10.3 Å². The molecule has 2 N–H and O–H groups in total. The third-order valence-electron chi connectivity index (χ3n) is 5.43. The number of para-hydroxylation sites is 1. The number of ketones is 1. The third kappa shape index (κ3) is 3.49. The highest BCUT2D eigenvalue weighted by molar-refractivity contribution is 6.44. The molecular weight excluding hydrogens is 366 g/mol. The molecule has 2 heterocycles. The summed E-state index contributed by atoms with van der Waals surface area (Å²) >= 11 is 0. The Bertz CT molecular complexity index is 1270. The summed E-state index contributed by atoms with van der Waals surface area (Å²) in [4.78, 5) is 44.4. The lowest BCUT2D eigenvalue weighted by molar-refractivity contribution is -0.121. The molecule has 0 aliphatic carbocycles. The van der Waals surface area contributed by atoms with Crippen molar-refractivity contribution in [1.29, 1.82) is 0 Å². The van der Waals surface area contributed by atoms with Gasteiger partial charge in [-0.2, -0.15) is 0 Å². The van der Waals surface area contributed by atoms with Crippen LogP contribution in [0.5, 0.6) is 0 Å². The predicted molar refractivity (Wildman–Crippen MR) is 110 cm³/mol. The lowest BCUT2D eigenvalue weighted by Crippen LogP contribution is -2.38. The Morgan fingerprint density at radius 2 is 1.93 bits per heavy atom. The van der Waals surface area contributed by atoms with Crippen LogP contribution in [0.4, 0.5) is 0 Å². The lowest BCUT2D eigenvalue weighted by Gasteiger charge is -2.14. The quantitative estimate of drug-likeness (QED) is 0.516. The van der Waals surface area contributed by atoms with E-state index in [4.69, 9.17) is 0 Å². The minimum atomic E-state index is -0.679. The van der Waals surface area contributed by atoms with Gasteiger partial charge in [0.15, 0.2) is 0 Å². The molecule has 1 unspecified atom stereocenters. The van der Waals surface area contributed by atoms with Crippen molar-refractivity contribution in [2.24, 2.45) is 10.9 Å². The highest BCUT2D eigenvalue weighted by Gasteiger charge is 2.22. The zero-order valence-electron chi connectivity index (χ0n) is 16.3. The average molecular weight is 387 g/mol. The van der Waals surface area contributed by atoms with Gasteiger partial charge in [0.25, 0.3) is 17.6 Å². The van der Waals surface area contributed by atoms with Crippen LogP contribution in [0.1, 0.15) is 27.9 Å². The number of rotatable bonds is 5. The smallest absolute Gasteiger partial charge is 0.292 e. The first-order chi connectivity index (χ1) is 14.0. The van der Waals surface area contributed by atoms with Crippen molar-refractivity contribution in [2.75, 3.05) is 6.54 Å². The van der Waals surface area contributed by atoms with Gasteiger partial charge < -0.3 is 10.3 Å². The summed E-state index contributed by atoms with van der Waals surface area (Å²) in [6.45, 7) is 4.16. The molecule has 6 nitrogen and oxygen atoms in total. The van der Waals surface area contributed by atoms with Crippen LogP contribution in [0.15, 0.2) is 47.6 Å². The third-order valence-corrected chi connectivity index (χ3v) is 5.43. The second kappa shape index (κ2) is 7.47. The molecule has 146 valence electrons. The standard InChI is InChI=1S/C23H21N3O3/c1-13-7-8-15-11-16(22(28)26-20(15)14(13)2)9-10-24-23(29)21(27)18-12-25-19-6-4-3-5-17(18)19/h3-8,11-12,16,25H,9-10H2,1-2H3,(H,24,29). The Kier molecular flexibility index (Phi) is 4.84. The van der Waals surface area contributed by atoms with Gasteiger partial charge in [0.1, 0.15) is 0 Å². The van der Waals surface area contributed by atoms with E-state index in [0.29, 0.717) is 17.4 Å². The topological polar surface area (TPSA) is 91.4 Å². The summed E-state index contributed by atoms with van der Waals surface area (Å²) in [5, 5.41) is 5.00. The van der Waals surface area contributed by atoms with Crippen LogP contribution in [0.3, 0.4) is 0 Å². The molecule has 0 saturated carbocycles. The molecule has 1 atom stereocenters. The summed E-state index contributed by atoms with van der Waals surface area (Å²) in [5.74, 6) is -1.90. The fourth-order valence-corrected chi connectivity index (χ4v) is 3.60. The Morgan fingerprint density at radius 1 is 1.14 bits per heavy atom. The molecule has 2 aromatic carbocycles. The van der Waals surface area contributed by atoms with Gasteiger partial charge in [-0.3, -0.25) is 14.4 Å². The van der Waals surface area contributed by atoms with Gasteiger partial charge in [-0.05, 0) is 42.7 Å². The zero-order chi connectivity index (χ0) is 20.5. The molecule has 1 aliphatic rings. The molecule has 1 aliphatic heterocycles. The van der Waals surface area contributed by atoms with E-state index < -0.39 is 17.6 Å². The van der Waals surface area contributed by atoms with E-state index in [2.05, 4.69) is 15.3 Å². The average Bonchev–Trinajstić information content (AvgIpc) is 3.15. The van der Waals surface area contributed by atoms with E-state index in [9.17, 15) is 14.4 Å². The van der Waals surface area contributed by atoms with Crippen LogP contribution in [0.25, 0.3) is 17.0 Å². The molecule has 3 aromatic rings. The number of carbonyl (C=O) groups excluding carboxylic acids is 3. The van der Waals surface area contributed by atoms with Crippen LogP contribution < -0.4 is 15.9 Å². The maximum absolute atomic E-state index is 12.5. The minimum absolute atomic E-state index is 0.218. The van der Waals surface area contributed by atoms with Crippen molar-refractivity contribution in [2.45, 2.75) is 20.3 Å². The largest absolute Gasteiger partial charge is 0.360 e. The van der Waals surface area contributed by atoms with E-state index in [1.54, 1.807) is 12.3 Å². The SMILES string of the molecule is Cc1ccc2c(c1C)=NC(=O)C(CCNC(=O)C(=O)c1c[nH]c3ccccc13)C=2. The molecule has 29 heavy (non-hydrogen) atoms. The van der Waals surface area contributed by atoms with E-state index in [1.165, 1.54) is 0 Å². The molecule has 2 amide bonds. The van der Waals surface area contributed by atoms with Crippen molar-refractivity contribution in [3.05, 3.63) is 69.9 Å². The molecule has 0 saturated heterocycles. The number of hydrogen-bond acceptors (Lipinski definition) is 3. The maximum atomic E-state index is 12.5. The highest BCUT2D eigenvalue weighted by atomic mass is 16.2. The number of carbonyl (C=O) groups is 3. The number of nitrogens with zero attached hydrogens (tertiary/aromatic N) is 1. The second-order valence-corrected chi connectivity index (χ2v) is 7.29. The van der Waals surface area contributed by atoms with Gasteiger partial charge in [-0.15, -0.1) is 0 Å². The fraction of sp³-hybridized carbons (Fsp3) is 0.217. The first-order valence-electron chi connectivity index (χ1n) is 9.55. The van der Waals surface area contributed by atoms with Crippen LogP contribution in [-0.2, 0) is 9.59 Å². The summed E-state index contributed by atoms with van der Waals surface area (Å²) < 4.78 is 0. The summed E-state index contributed by atoms with van der Waals surface area (Å²) in [5.41, 5.74) is 3.24. The molecule has 4 rings (SSSR count). The lowest BCUT2D eigenvalue weighted by atomic mass is 9.98. The van der Waals surface area contributed by atoms with Gasteiger partial charge in [0.2, 0.25) is 0 Å². The Labute approximate surface area is 167 Å². The molecule has 6 heteroatoms. The maximum Gasteiger partial charge on any atom is 0.292 e. The first-order valence-corrected chi connectivity index (χ1v) is 9.55. The zero-order valence-corrected chi connectivity index (χ0v) is 16.3. The van der Waals surface area contributed by atoms with Gasteiger partial charge in [-0.25, -0.2) is 4.99 Å². The number of benzene rings is 2. The van der Waals surface area contributed by atoms with Crippen LogP contribution >= 0.6 is 0 Å². The van der Waals surface area contributed by atoms with Crippen molar-refractivity contribution in [3.8, 4) is 0 Å². The van der Waals surface area contributed by atoms with Gasteiger partial charge >= 0.3 is 0 Å². The monoisotopic (exact) mass is 387 g/mol. The van der Waals surface area contributed by atoms with Crippen molar-refractivity contribution < 1.29 is 14.4 Å². The number of H-pyrrole nitrogens is 1. The number of fused-ring (bicyclic) bond motifs is 2. The molecule has 0 radical (unpaired) electrons. The normalized spacial score (nSPS) is 15.4. The van der Waals surface area contributed by atoms with E-state index in [-0.39, 0.29) is 12.5 Å². The first kappa shape index (κ1) is 18.8. The number of aryl methyl sites for hydroxylation is 1. The molecular formula is C23H21N3O3. The van der Waals surface area contributed by atoms with Gasteiger partial charge in [-0.1, -0.05) is 36.4 Å². The molecule has 0 fully saturated rings. The number of Topliss-reactive ketones (excluding diaryl/α,β-unsaturated/α-hetero) is 1. The minimum Gasteiger partial charge on any atom is -0.360 e. The van der Waals surface area contributed by atoms with Crippen LogP contribution in [-0.4, -0.2) is 29.1 Å². The van der Waals surface area contributed by atoms with Gasteiger partial charge in [0, 0.05) is 23.6 Å². The summed E-state index contributed by atoms with van der Waals surface area (Å²) in [6, 6.07) is 11.3. The number of aromatic amines is 1. The van der Waals surface area contributed by atoms with Gasteiger partial charge in [0.05, 0.1) is 16.8 Å². The fourth-order valence-electron chi connectivity index (χ4n) is 3.60. The van der Waals surface area contributed by atoms with Crippen molar-refractivity contribution in [3.63, 3.8) is 0 Å². The van der Waals surface area contributed by atoms with E-state index >= 15 is 0 Å². The number of aromatic nitrogens is 1.